The van der Waals surface area contributed by atoms with Crippen LogP contribution < -0.4 is 30.3 Å². The Labute approximate surface area is 222 Å². The largest absolute Gasteiger partial charge is 0.493 e. The van der Waals surface area contributed by atoms with E-state index in [0.29, 0.717) is 35.0 Å². The highest BCUT2D eigenvalue weighted by molar-refractivity contribution is 6.39. The topological polar surface area (TPSA) is 127 Å². The molecule has 0 spiro atoms. The van der Waals surface area contributed by atoms with Gasteiger partial charge in [-0.05, 0) is 61.0 Å². The van der Waals surface area contributed by atoms with Crippen molar-refractivity contribution in [1.82, 2.24) is 5.43 Å². The smallest absolute Gasteiger partial charge is 0.329 e. The Balaban J connectivity index is 1.53. The van der Waals surface area contributed by atoms with Gasteiger partial charge in [0.1, 0.15) is 11.6 Å². The third kappa shape index (κ3) is 7.93. The minimum absolute atomic E-state index is 0.119. The number of benzene rings is 3. The highest BCUT2D eigenvalue weighted by atomic mass is 35.5. The zero-order valence-electron chi connectivity index (χ0n) is 20.4. The molecule has 0 bridgehead atoms. The van der Waals surface area contributed by atoms with Gasteiger partial charge in [-0.25, -0.2) is 9.82 Å². The Morgan fingerprint density at radius 1 is 0.947 bits per heavy atom. The van der Waals surface area contributed by atoms with Crippen LogP contribution in [0.1, 0.15) is 12.5 Å². The fourth-order valence-electron chi connectivity index (χ4n) is 3.04. The molecule has 3 aromatic carbocycles. The van der Waals surface area contributed by atoms with Crippen molar-refractivity contribution >= 4 is 46.9 Å². The number of hydrogen-bond donors (Lipinski definition) is 3. The van der Waals surface area contributed by atoms with Crippen LogP contribution in [0, 0.1) is 5.82 Å². The van der Waals surface area contributed by atoms with Crippen LogP contribution in [0.3, 0.4) is 0 Å². The van der Waals surface area contributed by atoms with Crippen molar-refractivity contribution in [2.45, 2.75) is 6.92 Å². The molecule has 0 saturated carbocycles. The van der Waals surface area contributed by atoms with Crippen LogP contribution in [0.4, 0.5) is 15.8 Å². The molecule has 0 aliphatic rings. The van der Waals surface area contributed by atoms with E-state index in [9.17, 15) is 18.8 Å². The van der Waals surface area contributed by atoms with Crippen molar-refractivity contribution in [1.29, 1.82) is 0 Å². The van der Waals surface area contributed by atoms with Gasteiger partial charge in [0.05, 0.1) is 30.6 Å². The number of halogens is 2. The summed E-state index contributed by atoms with van der Waals surface area (Å²) >= 11 is 5.71. The molecule has 0 radical (unpaired) electrons. The van der Waals surface area contributed by atoms with Gasteiger partial charge in [0, 0.05) is 5.69 Å². The van der Waals surface area contributed by atoms with Gasteiger partial charge < -0.3 is 24.8 Å². The van der Waals surface area contributed by atoms with Crippen molar-refractivity contribution in [2.75, 3.05) is 31.0 Å². The fraction of sp³-hybridized carbons (Fsp3) is 0.154. The first-order chi connectivity index (χ1) is 18.3. The van der Waals surface area contributed by atoms with Crippen LogP contribution in [-0.2, 0) is 14.4 Å². The zero-order valence-corrected chi connectivity index (χ0v) is 21.2. The van der Waals surface area contributed by atoms with Crippen molar-refractivity contribution in [3.63, 3.8) is 0 Å². The van der Waals surface area contributed by atoms with Gasteiger partial charge in [-0.1, -0.05) is 23.7 Å². The summed E-state index contributed by atoms with van der Waals surface area (Å²) in [5.41, 5.74) is 3.33. The maximum absolute atomic E-state index is 13.3. The molecular formula is C26H24ClFN4O6. The predicted octanol–water partition coefficient (Wildman–Crippen LogP) is 3.99. The van der Waals surface area contributed by atoms with Gasteiger partial charge in [-0.15, -0.1) is 0 Å². The van der Waals surface area contributed by atoms with Crippen molar-refractivity contribution in [3.8, 4) is 17.2 Å². The maximum Gasteiger partial charge on any atom is 0.329 e. The Morgan fingerprint density at radius 2 is 1.74 bits per heavy atom. The van der Waals surface area contributed by atoms with E-state index < -0.39 is 23.5 Å². The number of methoxy groups -OCH3 is 1. The average molecular weight is 543 g/mol. The van der Waals surface area contributed by atoms with Crippen LogP contribution in [0.5, 0.6) is 17.2 Å². The van der Waals surface area contributed by atoms with Gasteiger partial charge in [0.15, 0.2) is 18.1 Å². The number of hydrogen-bond acceptors (Lipinski definition) is 7. The molecule has 198 valence electrons. The van der Waals surface area contributed by atoms with Crippen molar-refractivity contribution in [3.05, 3.63) is 77.1 Å². The standard InChI is InChI=1S/C26H24ClFN4O6/c1-3-37-21-7-5-4-6-20(21)31-25(34)26(35)32-29-14-16-8-11-22(23(12-16)36-2)38-15-24(33)30-17-9-10-19(28)18(27)13-17/h4-14H,3,15H2,1-2H3,(H,30,33)(H,31,34)(H,32,35)/b29-14-. The number of ether oxygens (including phenoxy) is 3. The second-order valence-electron chi connectivity index (χ2n) is 7.46. The molecule has 3 N–H and O–H groups in total. The molecule has 0 heterocycles. The van der Waals surface area contributed by atoms with Gasteiger partial charge in [0.2, 0.25) is 0 Å². The van der Waals surface area contributed by atoms with Gasteiger partial charge in [-0.3, -0.25) is 14.4 Å². The molecule has 0 saturated heterocycles. The number of nitrogens with zero attached hydrogens (tertiary/aromatic N) is 1. The Kier molecular flexibility index (Phi) is 10.0. The molecule has 0 unspecified atom stereocenters. The third-order valence-corrected chi connectivity index (χ3v) is 5.06. The van der Waals surface area contributed by atoms with Gasteiger partial charge in [0.25, 0.3) is 5.91 Å². The lowest BCUT2D eigenvalue weighted by molar-refractivity contribution is -0.136. The van der Waals surface area contributed by atoms with E-state index in [1.807, 2.05) is 0 Å². The molecule has 0 atom stereocenters. The normalized spacial score (nSPS) is 10.5. The van der Waals surface area contributed by atoms with E-state index in [4.69, 9.17) is 25.8 Å². The third-order valence-electron chi connectivity index (χ3n) is 4.77. The number of amides is 3. The Bertz CT molecular complexity index is 1350. The van der Waals surface area contributed by atoms with E-state index >= 15 is 0 Å². The summed E-state index contributed by atoms with van der Waals surface area (Å²) in [6.45, 7) is 1.85. The van der Waals surface area contributed by atoms with Gasteiger partial charge >= 0.3 is 11.8 Å². The number of anilines is 2. The molecule has 0 aliphatic carbocycles. The van der Waals surface area contributed by atoms with E-state index in [1.165, 1.54) is 25.5 Å². The highest BCUT2D eigenvalue weighted by Crippen LogP contribution is 2.28. The second kappa shape index (κ2) is 13.6. The number of hydrazone groups is 1. The Hall–Kier alpha value is -4.64. The summed E-state index contributed by atoms with van der Waals surface area (Å²) in [5.74, 6) is -1.99. The number of rotatable bonds is 10. The first-order valence-corrected chi connectivity index (χ1v) is 11.6. The number of nitrogens with one attached hydrogen (secondary N) is 3. The maximum atomic E-state index is 13.3. The van der Waals surface area contributed by atoms with Crippen LogP contribution in [0.2, 0.25) is 5.02 Å². The quantitative estimate of drug-likeness (QED) is 0.202. The van der Waals surface area contributed by atoms with Crippen LogP contribution in [0.15, 0.2) is 65.8 Å². The molecule has 38 heavy (non-hydrogen) atoms. The first kappa shape index (κ1) is 27.9. The lowest BCUT2D eigenvalue weighted by atomic mass is 10.2. The number of carbonyl (C=O) groups is 3. The monoisotopic (exact) mass is 542 g/mol. The molecule has 10 nitrogen and oxygen atoms in total. The van der Waals surface area contributed by atoms with Crippen molar-refractivity contribution < 1.29 is 33.0 Å². The van der Waals surface area contributed by atoms with E-state index in [1.54, 1.807) is 49.4 Å². The average Bonchev–Trinajstić information content (AvgIpc) is 2.91. The van der Waals surface area contributed by atoms with E-state index in [2.05, 4.69) is 21.2 Å². The summed E-state index contributed by atoms with van der Waals surface area (Å²) in [7, 11) is 1.41. The van der Waals surface area contributed by atoms with E-state index in [-0.39, 0.29) is 17.4 Å². The molecule has 0 aliphatic heterocycles. The molecule has 3 amide bonds. The van der Waals surface area contributed by atoms with Crippen LogP contribution in [-0.4, -0.2) is 44.3 Å². The minimum Gasteiger partial charge on any atom is -0.493 e. The van der Waals surface area contributed by atoms with Crippen molar-refractivity contribution in [2.24, 2.45) is 5.10 Å². The Morgan fingerprint density at radius 3 is 2.47 bits per heavy atom. The van der Waals surface area contributed by atoms with Crippen LogP contribution in [0.25, 0.3) is 0 Å². The molecule has 0 fully saturated rings. The number of para-hydroxylation sites is 2. The summed E-state index contributed by atoms with van der Waals surface area (Å²) in [5, 5.41) is 8.68. The van der Waals surface area contributed by atoms with E-state index in [0.717, 1.165) is 6.07 Å². The second-order valence-corrected chi connectivity index (χ2v) is 7.87. The molecule has 3 aromatic rings. The summed E-state index contributed by atoms with van der Waals surface area (Å²) < 4.78 is 29.5. The van der Waals surface area contributed by atoms with Gasteiger partial charge in [-0.2, -0.15) is 5.10 Å². The molecule has 0 aromatic heterocycles. The summed E-state index contributed by atoms with van der Waals surface area (Å²) in [6.07, 6.45) is 1.30. The summed E-state index contributed by atoms with van der Waals surface area (Å²) in [4.78, 5) is 36.5. The zero-order chi connectivity index (χ0) is 27.5. The summed E-state index contributed by atoms with van der Waals surface area (Å²) in [6, 6.07) is 15.2. The fourth-order valence-corrected chi connectivity index (χ4v) is 3.23. The lowest BCUT2D eigenvalue weighted by Gasteiger charge is -2.12. The molecule has 12 heteroatoms. The number of carbonyl (C=O) groups excluding carboxylic acids is 3. The molecular weight excluding hydrogens is 519 g/mol. The van der Waals surface area contributed by atoms with Crippen LogP contribution >= 0.6 is 11.6 Å². The first-order valence-electron chi connectivity index (χ1n) is 11.2. The predicted molar refractivity (Wildman–Crippen MR) is 141 cm³/mol. The minimum atomic E-state index is -0.979. The highest BCUT2D eigenvalue weighted by Gasteiger charge is 2.15. The molecule has 3 rings (SSSR count). The lowest BCUT2D eigenvalue weighted by Crippen LogP contribution is -2.32. The SMILES string of the molecule is CCOc1ccccc1NC(=O)C(=O)N/N=C\c1ccc(OCC(=O)Nc2ccc(F)c(Cl)c2)c(OC)c1.